The molecule has 3 aromatic heterocycles. The van der Waals surface area contributed by atoms with Gasteiger partial charge in [0.15, 0.2) is 5.82 Å². The predicted molar refractivity (Wildman–Crippen MR) is 177 cm³/mol. The highest BCUT2D eigenvalue weighted by Crippen LogP contribution is 2.42. The maximum absolute atomic E-state index is 13.9. The molecule has 6 rings (SSSR count). The fraction of sp³-hybridized carbons (Fsp3) is 0.545. The van der Waals surface area contributed by atoms with E-state index in [1.165, 1.54) is 0 Å². The van der Waals surface area contributed by atoms with Gasteiger partial charge >= 0.3 is 12.4 Å². The molecule has 270 valence electrons. The molecule has 5 heterocycles. The van der Waals surface area contributed by atoms with Crippen LogP contribution >= 0.6 is 11.6 Å². The number of allylic oxidation sites excluding steroid dienone is 2. The Labute approximate surface area is 290 Å². The molecule has 0 aromatic carbocycles. The van der Waals surface area contributed by atoms with Gasteiger partial charge in [0.25, 0.3) is 0 Å². The average molecular weight is 726 g/mol. The van der Waals surface area contributed by atoms with Crippen molar-refractivity contribution in [3.05, 3.63) is 59.3 Å². The first-order valence-corrected chi connectivity index (χ1v) is 16.8. The van der Waals surface area contributed by atoms with Crippen molar-refractivity contribution >= 4 is 29.3 Å². The summed E-state index contributed by atoms with van der Waals surface area (Å²) in [5.74, 6) is -1.06. The van der Waals surface area contributed by atoms with Crippen LogP contribution in [0, 0.1) is 5.92 Å². The Morgan fingerprint density at radius 2 is 1.72 bits per heavy atom. The number of rotatable bonds is 9. The molecule has 17 heteroatoms. The number of piperidine rings is 1. The van der Waals surface area contributed by atoms with Gasteiger partial charge in [-0.05, 0) is 43.8 Å². The number of nitrogens with zero attached hydrogens (tertiary/aromatic N) is 9. The Balaban J connectivity index is 1.34. The summed E-state index contributed by atoms with van der Waals surface area (Å²) >= 11 is 6.70. The lowest BCUT2D eigenvalue weighted by Gasteiger charge is -2.33. The molecule has 0 saturated carbocycles. The lowest BCUT2D eigenvalue weighted by Crippen LogP contribution is -2.41. The Morgan fingerprint density at radius 3 is 2.32 bits per heavy atom. The standard InChI is InChI=1S/C33H38ClF6N9O/c1-4-25-12-26(19-48(25)29-28(34)16-43-31(45-29)47-7-5-27(50-3)6-8-47)49(30-41-13-21(14-42-30)22-15-44-46(2)18-22)17-20-9-23(32(35,36)37)11-24(10-20)33(38,39)40/h9-10,13-16,18,23,25-27H,4-8,11-12,17,19H2,1-3H3. The molecule has 0 amide bonds. The van der Waals surface area contributed by atoms with Crippen LogP contribution in [0.5, 0.6) is 0 Å². The molecule has 2 fully saturated rings. The Hall–Kier alpha value is -3.92. The van der Waals surface area contributed by atoms with E-state index in [9.17, 15) is 26.3 Å². The van der Waals surface area contributed by atoms with Gasteiger partial charge in [0.2, 0.25) is 11.9 Å². The third-order valence-corrected chi connectivity index (χ3v) is 9.90. The Kier molecular flexibility index (Phi) is 10.3. The van der Waals surface area contributed by atoms with E-state index in [0.717, 1.165) is 30.6 Å². The first-order valence-electron chi connectivity index (χ1n) is 16.4. The molecule has 0 N–H and O–H groups in total. The van der Waals surface area contributed by atoms with E-state index in [1.807, 2.05) is 11.8 Å². The van der Waals surface area contributed by atoms with E-state index in [0.29, 0.717) is 54.8 Å². The summed E-state index contributed by atoms with van der Waals surface area (Å²) in [5.41, 5.74) is 0.0769. The van der Waals surface area contributed by atoms with Gasteiger partial charge in [-0.3, -0.25) is 4.68 Å². The molecule has 0 bridgehead atoms. The second-order valence-corrected chi connectivity index (χ2v) is 13.3. The van der Waals surface area contributed by atoms with Gasteiger partial charge in [-0.25, -0.2) is 15.0 Å². The number of aryl methyl sites for hydroxylation is 1. The van der Waals surface area contributed by atoms with Gasteiger partial charge in [0, 0.05) is 81.7 Å². The highest BCUT2D eigenvalue weighted by molar-refractivity contribution is 6.32. The van der Waals surface area contributed by atoms with E-state index >= 15 is 0 Å². The Bertz CT molecular complexity index is 1700. The second-order valence-electron chi connectivity index (χ2n) is 12.9. The summed E-state index contributed by atoms with van der Waals surface area (Å²) in [6, 6.07) is -0.507. The summed E-state index contributed by atoms with van der Waals surface area (Å²) in [6.07, 6.45) is 1.91. The van der Waals surface area contributed by atoms with Crippen molar-refractivity contribution in [1.82, 2.24) is 29.7 Å². The average Bonchev–Trinajstić information content (AvgIpc) is 3.73. The SMILES string of the molecule is CCC1CC(N(CC2=CC(C(F)(F)F)CC(C(F)(F)F)=C2)c2ncc(-c3cnn(C)c3)cn2)CN1c1nc(N2CCC(OC)CC2)ncc1Cl. The number of hydrogen-bond acceptors (Lipinski definition) is 9. The fourth-order valence-electron chi connectivity index (χ4n) is 6.90. The molecular weight excluding hydrogens is 688 g/mol. The van der Waals surface area contributed by atoms with Gasteiger partial charge in [-0.15, -0.1) is 0 Å². The number of methoxy groups -OCH3 is 1. The summed E-state index contributed by atoms with van der Waals surface area (Å²) in [5, 5.41) is 4.50. The molecule has 3 aliphatic rings. The van der Waals surface area contributed by atoms with Gasteiger partial charge in [0.1, 0.15) is 5.02 Å². The zero-order valence-electron chi connectivity index (χ0n) is 27.8. The molecule has 0 spiro atoms. The third kappa shape index (κ3) is 7.85. The summed E-state index contributed by atoms with van der Waals surface area (Å²) in [7, 11) is 3.46. The van der Waals surface area contributed by atoms with E-state index in [-0.39, 0.29) is 30.2 Å². The van der Waals surface area contributed by atoms with Gasteiger partial charge in [-0.2, -0.15) is 36.4 Å². The minimum absolute atomic E-state index is 0.0961. The van der Waals surface area contributed by atoms with Gasteiger partial charge < -0.3 is 19.4 Å². The monoisotopic (exact) mass is 725 g/mol. The van der Waals surface area contributed by atoms with Crippen LogP contribution in [0.2, 0.25) is 5.02 Å². The number of halogens is 7. The van der Waals surface area contributed by atoms with Crippen LogP contribution in [0.15, 0.2) is 54.3 Å². The van der Waals surface area contributed by atoms with Crippen molar-refractivity contribution in [3.63, 3.8) is 0 Å². The fourth-order valence-corrected chi connectivity index (χ4v) is 7.10. The van der Waals surface area contributed by atoms with Crippen molar-refractivity contribution in [2.75, 3.05) is 48.0 Å². The Morgan fingerprint density at radius 1 is 1.00 bits per heavy atom. The number of aromatic nitrogens is 6. The van der Waals surface area contributed by atoms with Gasteiger partial charge in [0.05, 0.1) is 30.5 Å². The molecular formula is C33H38ClF6N9O. The normalized spacial score (nSPS) is 22.2. The molecule has 2 saturated heterocycles. The van der Waals surface area contributed by atoms with Crippen molar-refractivity contribution in [2.24, 2.45) is 13.0 Å². The first kappa shape index (κ1) is 35.9. The van der Waals surface area contributed by atoms with Crippen LogP contribution in [0.1, 0.15) is 39.0 Å². The molecule has 1 aliphatic carbocycles. The van der Waals surface area contributed by atoms with Crippen LogP contribution in [-0.2, 0) is 11.8 Å². The first-order chi connectivity index (χ1) is 23.7. The van der Waals surface area contributed by atoms with Crippen LogP contribution in [0.25, 0.3) is 11.1 Å². The maximum Gasteiger partial charge on any atom is 0.412 e. The topological polar surface area (TPSA) is 88.3 Å². The van der Waals surface area contributed by atoms with Crippen molar-refractivity contribution in [2.45, 2.75) is 69.6 Å². The molecule has 10 nitrogen and oxygen atoms in total. The van der Waals surface area contributed by atoms with Crippen molar-refractivity contribution in [3.8, 4) is 11.1 Å². The molecule has 3 atom stereocenters. The molecule has 0 radical (unpaired) electrons. The summed E-state index contributed by atoms with van der Waals surface area (Å²) in [4.78, 5) is 24.3. The lowest BCUT2D eigenvalue weighted by atomic mass is 9.89. The van der Waals surface area contributed by atoms with Crippen LogP contribution in [0.3, 0.4) is 0 Å². The summed E-state index contributed by atoms with van der Waals surface area (Å²) in [6.45, 7) is 3.47. The van der Waals surface area contributed by atoms with Gasteiger partial charge in [-0.1, -0.05) is 24.6 Å². The highest BCUT2D eigenvalue weighted by atomic mass is 35.5. The van der Waals surface area contributed by atoms with Crippen LogP contribution < -0.4 is 14.7 Å². The number of alkyl halides is 6. The van der Waals surface area contributed by atoms with E-state index < -0.39 is 36.3 Å². The van der Waals surface area contributed by atoms with Crippen LogP contribution in [0.4, 0.5) is 44.1 Å². The maximum atomic E-state index is 13.9. The molecule has 3 aromatic rings. The summed E-state index contributed by atoms with van der Waals surface area (Å²) < 4.78 is 90.4. The zero-order chi connectivity index (χ0) is 35.8. The zero-order valence-corrected chi connectivity index (χ0v) is 28.5. The minimum Gasteiger partial charge on any atom is -0.381 e. The minimum atomic E-state index is -4.91. The quantitative estimate of drug-likeness (QED) is 0.221. The van der Waals surface area contributed by atoms with E-state index in [4.69, 9.17) is 21.3 Å². The number of hydrogen-bond donors (Lipinski definition) is 0. The second kappa shape index (κ2) is 14.4. The molecule has 50 heavy (non-hydrogen) atoms. The number of anilines is 3. The third-order valence-electron chi connectivity index (χ3n) is 9.63. The smallest absolute Gasteiger partial charge is 0.381 e. The largest absolute Gasteiger partial charge is 0.412 e. The van der Waals surface area contributed by atoms with Crippen molar-refractivity contribution in [1.29, 1.82) is 0 Å². The van der Waals surface area contributed by atoms with E-state index in [2.05, 4.69) is 25.0 Å². The van der Waals surface area contributed by atoms with Crippen LogP contribution in [-0.4, -0.2) is 93.5 Å². The molecule has 3 unspecified atom stereocenters. The molecule has 2 aliphatic heterocycles. The lowest BCUT2D eigenvalue weighted by molar-refractivity contribution is -0.166. The predicted octanol–water partition coefficient (Wildman–Crippen LogP) is 6.80. The van der Waals surface area contributed by atoms with E-state index in [1.54, 1.807) is 54.7 Å². The van der Waals surface area contributed by atoms with Crippen molar-refractivity contribution < 1.29 is 31.1 Å². The number of ether oxygens (including phenoxy) is 1. The highest BCUT2D eigenvalue weighted by Gasteiger charge is 2.46.